The number of methoxy groups -OCH3 is 1. The monoisotopic (exact) mass is 462 g/mol. The molecule has 3 rings (SSSR count). The van der Waals surface area contributed by atoms with Gasteiger partial charge in [0, 0.05) is 31.1 Å². The van der Waals surface area contributed by atoms with E-state index in [1.54, 1.807) is 33.3 Å². The fraction of sp³-hybridized carbons (Fsp3) is 0.500. The summed E-state index contributed by atoms with van der Waals surface area (Å²) >= 11 is 1.67. The maximum absolute atomic E-state index is 13.6. The quantitative estimate of drug-likeness (QED) is 0.537. The number of fused-ring (bicyclic) bond motifs is 1. The summed E-state index contributed by atoms with van der Waals surface area (Å²) in [4.78, 5) is 30.6. The van der Waals surface area contributed by atoms with Crippen molar-refractivity contribution in [1.29, 1.82) is 0 Å². The maximum atomic E-state index is 13.6. The van der Waals surface area contributed by atoms with Crippen molar-refractivity contribution in [2.45, 2.75) is 32.7 Å². The molecule has 0 fully saturated rings. The van der Waals surface area contributed by atoms with E-state index in [0.717, 1.165) is 18.4 Å². The maximum Gasteiger partial charge on any atom is 0.249 e. The van der Waals surface area contributed by atoms with Gasteiger partial charge in [0.2, 0.25) is 11.8 Å². The number of amides is 2. The van der Waals surface area contributed by atoms with E-state index in [1.165, 1.54) is 24.1 Å². The minimum atomic E-state index is -0.368. The molecular formula is C24H31FN2O4S. The van der Waals surface area contributed by atoms with E-state index in [4.69, 9.17) is 9.47 Å². The Bertz CT molecular complexity index is 919. The third-order valence-electron chi connectivity index (χ3n) is 5.79. The molecule has 0 radical (unpaired) electrons. The highest BCUT2D eigenvalue weighted by molar-refractivity contribution is 7.10. The number of halogens is 1. The van der Waals surface area contributed by atoms with Gasteiger partial charge in [-0.25, -0.2) is 4.39 Å². The molecule has 1 aromatic carbocycles. The standard InChI is InChI=1S/C24H31FN2O4S/c1-4-17(2)13-26(24(29)16-30-3)14-23(28)27-10-8-22-20(9-11-32-22)21(27)15-31-19-7-5-6-18(25)12-19/h5-7,9,11-12,17,21H,4,8,10,13-16H2,1-3H3/t17-,21+/m0/s1. The lowest BCUT2D eigenvalue weighted by Crippen LogP contribution is -2.49. The van der Waals surface area contributed by atoms with E-state index >= 15 is 0 Å². The molecule has 8 heteroatoms. The zero-order chi connectivity index (χ0) is 23.1. The summed E-state index contributed by atoms with van der Waals surface area (Å²) in [6.45, 7) is 5.36. The Balaban J connectivity index is 1.76. The normalized spacial score (nSPS) is 16.4. The first kappa shape index (κ1) is 24.2. The third-order valence-corrected chi connectivity index (χ3v) is 6.79. The lowest BCUT2D eigenvalue weighted by molar-refractivity contribution is -0.145. The van der Waals surface area contributed by atoms with Crippen LogP contribution in [0.4, 0.5) is 4.39 Å². The Hall–Kier alpha value is -2.45. The van der Waals surface area contributed by atoms with Crippen molar-refractivity contribution in [2.75, 3.05) is 40.0 Å². The molecule has 2 amide bonds. The van der Waals surface area contributed by atoms with Crippen LogP contribution in [0.3, 0.4) is 0 Å². The topological polar surface area (TPSA) is 59.1 Å². The highest BCUT2D eigenvalue weighted by atomic mass is 32.1. The summed E-state index contributed by atoms with van der Waals surface area (Å²) in [6.07, 6.45) is 1.68. The minimum Gasteiger partial charge on any atom is -0.491 e. The smallest absolute Gasteiger partial charge is 0.249 e. The van der Waals surface area contributed by atoms with E-state index < -0.39 is 0 Å². The van der Waals surface area contributed by atoms with Crippen LogP contribution < -0.4 is 4.74 Å². The van der Waals surface area contributed by atoms with E-state index in [9.17, 15) is 14.0 Å². The summed E-state index contributed by atoms with van der Waals surface area (Å²) < 4.78 is 24.4. The fourth-order valence-corrected chi connectivity index (χ4v) is 4.76. The van der Waals surface area contributed by atoms with Crippen LogP contribution in [0.15, 0.2) is 35.7 Å². The van der Waals surface area contributed by atoms with Gasteiger partial charge in [0.05, 0.1) is 12.6 Å². The Labute approximate surface area is 192 Å². The summed E-state index contributed by atoms with van der Waals surface area (Å²) in [5.74, 6) is 0.0194. The summed E-state index contributed by atoms with van der Waals surface area (Å²) in [7, 11) is 1.48. The number of carbonyl (C=O) groups excluding carboxylic acids is 2. The SMILES string of the molecule is CC[C@H](C)CN(CC(=O)N1CCc2sccc2[C@H]1COc1cccc(F)c1)C(=O)COC. The van der Waals surface area contributed by atoms with Gasteiger partial charge in [0.25, 0.3) is 0 Å². The zero-order valence-electron chi connectivity index (χ0n) is 18.9. The zero-order valence-corrected chi connectivity index (χ0v) is 19.7. The minimum absolute atomic E-state index is 0.00245. The van der Waals surface area contributed by atoms with Gasteiger partial charge in [-0.05, 0) is 41.5 Å². The Morgan fingerprint density at radius 2 is 2.16 bits per heavy atom. The lowest BCUT2D eigenvalue weighted by Gasteiger charge is -2.37. The van der Waals surface area contributed by atoms with Gasteiger partial charge in [0.15, 0.2) is 0 Å². The van der Waals surface area contributed by atoms with E-state index in [2.05, 4.69) is 13.8 Å². The molecule has 1 aromatic heterocycles. The lowest BCUT2D eigenvalue weighted by atomic mass is 10.00. The molecule has 0 N–H and O–H groups in total. The molecule has 0 saturated heterocycles. The molecule has 2 heterocycles. The number of benzene rings is 1. The summed E-state index contributed by atoms with van der Waals surface area (Å²) in [5.41, 5.74) is 1.06. The van der Waals surface area contributed by atoms with Crippen LogP contribution in [0.25, 0.3) is 0 Å². The second kappa shape index (κ2) is 11.4. The van der Waals surface area contributed by atoms with Crippen molar-refractivity contribution in [2.24, 2.45) is 5.92 Å². The molecule has 174 valence electrons. The van der Waals surface area contributed by atoms with Crippen LogP contribution in [0.1, 0.15) is 36.8 Å². The first-order valence-corrected chi connectivity index (χ1v) is 11.8. The van der Waals surface area contributed by atoms with Crippen molar-refractivity contribution in [3.05, 3.63) is 52.0 Å². The molecule has 0 spiro atoms. The van der Waals surface area contributed by atoms with Crippen LogP contribution in [-0.2, 0) is 20.7 Å². The van der Waals surface area contributed by atoms with Crippen molar-refractivity contribution in [3.8, 4) is 5.75 Å². The number of carbonyl (C=O) groups is 2. The van der Waals surface area contributed by atoms with Crippen molar-refractivity contribution >= 4 is 23.2 Å². The first-order valence-electron chi connectivity index (χ1n) is 10.9. The molecule has 0 saturated carbocycles. The van der Waals surface area contributed by atoms with Gasteiger partial charge in [-0.15, -0.1) is 11.3 Å². The molecule has 6 nitrogen and oxygen atoms in total. The van der Waals surface area contributed by atoms with Gasteiger partial charge in [-0.3, -0.25) is 9.59 Å². The second-order valence-corrected chi connectivity index (χ2v) is 9.14. The molecule has 0 unspecified atom stereocenters. The number of hydrogen-bond donors (Lipinski definition) is 0. The fourth-order valence-electron chi connectivity index (χ4n) is 3.84. The third kappa shape index (κ3) is 6.07. The molecule has 1 aliphatic rings. The summed E-state index contributed by atoms with van der Waals surface area (Å²) in [6, 6.07) is 7.72. The van der Waals surface area contributed by atoms with Crippen LogP contribution in [0, 0.1) is 11.7 Å². The predicted molar refractivity (Wildman–Crippen MR) is 122 cm³/mol. The van der Waals surface area contributed by atoms with Crippen LogP contribution in [0.5, 0.6) is 5.75 Å². The molecular weight excluding hydrogens is 431 g/mol. The Kier molecular flexibility index (Phi) is 8.64. The number of nitrogens with zero attached hydrogens (tertiary/aromatic N) is 2. The van der Waals surface area contributed by atoms with Crippen molar-refractivity contribution < 1.29 is 23.5 Å². The number of rotatable bonds is 10. The van der Waals surface area contributed by atoms with E-state index in [1.807, 2.05) is 11.4 Å². The Morgan fingerprint density at radius 1 is 1.34 bits per heavy atom. The van der Waals surface area contributed by atoms with E-state index in [-0.39, 0.29) is 49.3 Å². The second-order valence-electron chi connectivity index (χ2n) is 8.14. The summed E-state index contributed by atoms with van der Waals surface area (Å²) in [5, 5.41) is 2.02. The molecule has 2 atom stereocenters. The van der Waals surface area contributed by atoms with Crippen molar-refractivity contribution in [3.63, 3.8) is 0 Å². The van der Waals surface area contributed by atoms with Gasteiger partial charge in [-0.2, -0.15) is 0 Å². The first-order chi connectivity index (χ1) is 15.4. The van der Waals surface area contributed by atoms with Crippen LogP contribution >= 0.6 is 11.3 Å². The Morgan fingerprint density at radius 3 is 2.88 bits per heavy atom. The molecule has 1 aliphatic heterocycles. The highest BCUT2D eigenvalue weighted by Crippen LogP contribution is 2.34. The van der Waals surface area contributed by atoms with Gasteiger partial charge in [0.1, 0.15) is 24.8 Å². The molecule has 0 bridgehead atoms. The molecule has 0 aliphatic carbocycles. The highest BCUT2D eigenvalue weighted by Gasteiger charge is 2.33. The predicted octanol–water partition coefficient (Wildman–Crippen LogP) is 3.91. The average molecular weight is 463 g/mol. The average Bonchev–Trinajstić information content (AvgIpc) is 3.26. The molecule has 2 aromatic rings. The molecule has 32 heavy (non-hydrogen) atoms. The van der Waals surface area contributed by atoms with Gasteiger partial charge >= 0.3 is 0 Å². The number of hydrogen-bond acceptors (Lipinski definition) is 5. The van der Waals surface area contributed by atoms with Crippen molar-refractivity contribution in [1.82, 2.24) is 9.80 Å². The number of thiophene rings is 1. The van der Waals surface area contributed by atoms with E-state index in [0.29, 0.717) is 18.8 Å². The largest absolute Gasteiger partial charge is 0.491 e. The van der Waals surface area contributed by atoms with Gasteiger partial charge in [-0.1, -0.05) is 26.3 Å². The van der Waals surface area contributed by atoms with Crippen LogP contribution in [0.2, 0.25) is 0 Å². The van der Waals surface area contributed by atoms with Gasteiger partial charge < -0.3 is 19.3 Å². The van der Waals surface area contributed by atoms with Crippen LogP contribution in [-0.4, -0.2) is 61.6 Å². The number of ether oxygens (including phenoxy) is 2.